The predicted octanol–water partition coefficient (Wildman–Crippen LogP) is 3.95. The number of hydrogen-bond donors (Lipinski definition) is 0. The van der Waals surface area contributed by atoms with Gasteiger partial charge < -0.3 is 14.7 Å². The lowest BCUT2D eigenvalue weighted by molar-refractivity contribution is -0.131. The van der Waals surface area contributed by atoms with Gasteiger partial charge in [-0.25, -0.2) is 8.78 Å². The fourth-order valence-corrected chi connectivity index (χ4v) is 3.77. The van der Waals surface area contributed by atoms with Crippen molar-refractivity contribution >= 4 is 17.5 Å². The maximum Gasteiger partial charge on any atom is 0.226 e. The molecule has 1 aromatic rings. The fraction of sp³-hybridized carbons (Fsp3) is 0.636. The van der Waals surface area contributed by atoms with Crippen LogP contribution in [0.2, 0.25) is 0 Å². The van der Waals surface area contributed by atoms with Crippen LogP contribution in [0, 0.1) is 11.6 Å². The van der Waals surface area contributed by atoms with Gasteiger partial charge in [-0.2, -0.15) is 0 Å². The molecule has 0 atom stereocenters. The van der Waals surface area contributed by atoms with E-state index in [-0.39, 0.29) is 24.8 Å². The van der Waals surface area contributed by atoms with Crippen LogP contribution in [0.4, 0.5) is 14.5 Å². The van der Waals surface area contributed by atoms with E-state index < -0.39 is 11.6 Å². The van der Waals surface area contributed by atoms with Crippen molar-refractivity contribution in [1.29, 1.82) is 0 Å². The molecule has 0 saturated carbocycles. The Morgan fingerprint density at radius 2 is 1.52 bits per heavy atom. The highest BCUT2D eigenvalue weighted by Gasteiger charge is 2.24. The van der Waals surface area contributed by atoms with Crippen LogP contribution in [0.5, 0.6) is 0 Å². The first-order valence-electron chi connectivity index (χ1n) is 10.6. The van der Waals surface area contributed by atoms with Crippen molar-refractivity contribution < 1.29 is 18.4 Å². The monoisotopic (exact) mass is 409 g/mol. The van der Waals surface area contributed by atoms with Crippen molar-refractivity contribution in [3.8, 4) is 0 Å². The molecule has 0 N–H and O–H groups in total. The summed E-state index contributed by atoms with van der Waals surface area (Å²) in [6.07, 6.45) is 2.15. The lowest BCUT2D eigenvalue weighted by Gasteiger charge is -2.33. The molecule has 2 amide bonds. The van der Waals surface area contributed by atoms with Gasteiger partial charge in [0.1, 0.15) is 0 Å². The molecule has 1 aliphatic heterocycles. The number of carbonyl (C=O) groups is 2. The number of anilines is 1. The Morgan fingerprint density at radius 3 is 2.10 bits per heavy atom. The van der Waals surface area contributed by atoms with Crippen LogP contribution in [0.15, 0.2) is 12.1 Å². The Balaban J connectivity index is 2.49. The zero-order chi connectivity index (χ0) is 21.6. The minimum atomic E-state index is -0.984. The normalized spacial score (nSPS) is 16.9. The highest BCUT2D eigenvalue weighted by molar-refractivity contribution is 5.94. The number of hydrogen-bond acceptors (Lipinski definition) is 3. The van der Waals surface area contributed by atoms with Gasteiger partial charge in [-0.15, -0.1) is 0 Å². The zero-order valence-corrected chi connectivity index (χ0v) is 18.0. The molecule has 29 heavy (non-hydrogen) atoms. The summed E-state index contributed by atoms with van der Waals surface area (Å²) in [6, 6.07) is 2.57. The average Bonchev–Trinajstić information content (AvgIpc) is 2.69. The molecule has 0 bridgehead atoms. The number of fused-ring (bicyclic) bond motifs is 1. The molecule has 0 fully saturated rings. The molecule has 0 radical (unpaired) electrons. The number of benzene rings is 1. The Hall–Kier alpha value is -2.02. The Bertz CT molecular complexity index is 724. The summed E-state index contributed by atoms with van der Waals surface area (Å²) in [5, 5.41) is 0. The molecular formula is C22H33F2N3O2. The molecule has 162 valence electrons. The van der Waals surface area contributed by atoms with E-state index in [9.17, 15) is 18.4 Å². The highest BCUT2D eigenvalue weighted by Crippen LogP contribution is 2.27. The summed E-state index contributed by atoms with van der Waals surface area (Å²) in [5.74, 6) is -2.13. The van der Waals surface area contributed by atoms with Gasteiger partial charge in [0.15, 0.2) is 11.6 Å². The van der Waals surface area contributed by atoms with Crippen LogP contribution in [0.25, 0.3) is 0 Å². The molecule has 0 spiro atoms. The summed E-state index contributed by atoms with van der Waals surface area (Å²) < 4.78 is 28.1. The third-order valence-electron chi connectivity index (χ3n) is 5.46. The minimum absolute atomic E-state index is 0.0396. The summed E-state index contributed by atoms with van der Waals surface area (Å²) in [6.45, 7) is 10.6. The summed E-state index contributed by atoms with van der Waals surface area (Å²) in [5.41, 5.74) is 0.829. The molecule has 0 saturated heterocycles. The standard InChI is InChI=1S/C22H33F2N3O2/c1-5-21(28)26-11-7-9-25(16(3)4)10-8-12-27(22(29)6-2)20-14-19(24)18(23)13-17(20)15-26/h13-14,16H,5-12,15H2,1-4H3. The molecule has 1 heterocycles. The summed E-state index contributed by atoms with van der Waals surface area (Å²) >= 11 is 0. The van der Waals surface area contributed by atoms with Crippen molar-refractivity contribution in [1.82, 2.24) is 9.80 Å². The first-order chi connectivity index (χ1) is 13.8. The van der Waals surface area contributed by atoms with Crippen LogP contribution < -0.4 is 4.90 Å². The minimum Gasteiger partial charge on any atom is -0.338 e. The topological polar surface area (TPSA) is 43.9 Å². The molecular weight excluding hydrogens is 376 g/mol. The van der Waals surface area contributed by atoms with E-state index in [4.69, 9.17) is 0 Å². The third kappa shape index (κ3) is 5.98. The van der Waals surface area contributed by atoms with Crippen molar-refractivity contribution in [2.24, 2.45) is 0 Å². The third-order valence-corrected chi connectivity index (χ3v) is 5.46. The molecule has 0 unspecified atom stereocenters. The highest BCUT2D eigenvalue weighted by atomic mass is 19.2. The van der Waals surface area contributed by atoms with Crippen molar-refractivity contribution in [2.45, 2.75) is 66.0 Å². The van der Waals surface area contributed by atoms with Crippen LogP contribution in [0.3, 0.4) is 0 Å². The van der Waals surface area contributed by atoms with Gasteiger partial charge in [0.05, 0.1) is 5.69 Å². The molecule has 7 heteroatoms. The molecule has 0 aliphatic carbocycles. The van der Waals surface area contributed by atoms with E-state index in [2.05, 4.69) is 18.7 Å². The molecule has 1 aliphatic rings. The lowest BCUT2D eigenvalue weighted by Crippen LogP contribution is -2.40. The van der Waals surface area contributed by atoms with Crippen molar-refractivity contribution in [3.05, 3.63) is 29.3 Å². The lowest BCUT2D eigenvalue weighted by atomic mass is 10.1. The summed E-state index contributed by atoms with van der Waals surface area (Å²) in [7, 11) is 0. The number of amides is 2. The Labute approximate surface area is 172 Å². The fourth-order valence-electron chi connectivity index (χ4n) is 3.77. The van der Waals surface area contributed by atoms with Crippen molar-refractivity contribution in [2.75, 3.05) is 31.1 Å². The van der Waals surface area contributed by atoms with Crippen LogP contribution >= 0.6 is 0 Å². The van der Waals surface area contributed by atoms with E-state index in [1.54, 1.807) is 23.6 Å². The number of halogens is 2. The molecule has 5 nitrogen and oxygen atoms in total. The second kappa shape index (κ2) is 10.7. The zero-order valence-electron chi connectivity index (χ0n) is 18.0. The van der Waals surface area contributed by atoms with Gasteiger partial charge in [0, 0.05) is 57.7 Å². The van der Waals surface area contributed by atoms with Crippen molar-refractivity contribution in [3.63, 3.8) is 0 Å². The second-order valence-corrected chi connectivity index (χ2v) is 7.80. The largest absolute Gasteiger partial charge is 0.338 e. The SMILES string of the molecule is CCC(=O)N1CCCN(C(C)C)CCCN(C(=O)CC)c2cc(F)c(F)cc2C1. The first-order valence-corrected chi connectivity index (χ1v) is 10.6. The smallest absolute Gasteiger partial charge is 0.226 e. The van der Waals surface area contributed by atoms with Crippen LogP contribution in [0.1, 0.15) is 58.9 Å². The first kappa shape index (κ1) is 23.3. The molecule has 2 rings (SSSR count). The maximum atomic E-state index is 14.1. The second-order valence-electron chi connectivity index (χ2n) is 7.80. The van der Waals surface area contributed by atoms with E-state index >= 15 is 0 Å². The number of carbonyl (C=O) groups excluding carboxylic acids is 2. The van der Waals surface area contributed by atoms with Gasteiger partial charge in [0.25, 0.3) is 0 Å². The Kier molecular flexibility index (Phi) is 8.56. The van der Waals surface area contributed by atoms with Crippen LogP contribution in [-0.2, 0) is 16.1 Å². The van der Waals surface area contributed by atoms with E-state index in [1.807, 2.05) is 0 Å². The van der Waals surface area contributed by atoms with Gasteiger partial charge in [0.2, 0.25) is 11.8 Å². The van der Waals surface area contributed by atoms with Gasteiger partial charge in [-0.1, -0.05) is 13.8 Å². The van der Waals surface area contributed by atoms with Crippen LogP contribution in [-0.4, -0.2) is 53.8 Å². The van der Waals surface area contributed by atoms with Gasteiger partial charge in [-0.3, -0.25) is 9.59 Å². The maximum absolute atomic E-state index is 14.1. The number of nitrogens with zero attached hydrogens (tertiary/aromatic N) is 3. The van der Waals surface area contributed by atoms with Gasteiger partial charge >= 0.3 is 0 Å². The van der Waals surface area contributed by atoms with Gasteiger partial charge in [-0.05, 0) is 38.3 Å². The number of rotatable bonds is 3. The molecule has 0 aromatic heterocycles. The Morgan fingerprint density at radius 1 is 0.931 bits per heavy atom. The quantitative estimate of drug-likeness (QED) is 0.759. The van der Waals surface area contributed by atoms with E-state index in [0.29, 0.717) is 36.8 Å². The molecule has 1 aromatic carbocycles. The van der Waals surface area contributed by atoms with E-state index in [0.717, 1.165) is 38.1 Å². The summed E-state index contributed by atoms with van der Waals surface area (Å²) in [4.78, 5) is 30.7. The average molecular weight is 410 g/mol. The predicted molar refractivity (Wildman–Crippen MR) is 111 cm³/mol. The van der Waals surface area contributed by atoms with E-state index in [1.165, 1.54) is 0 Å².